The Morgan fingerprint density at radius 3 is 1.85 bits per heavy atom. The van der Waals surface area contributed by atoms with Gasteiger partial charge in [-0.2, -0.15) is 0 Å². The summed E-state index contributed by atoms with van der Waals surface area (Å²) in [4.78, 5) is 2.60. The first kappa shape index (κ1) is 11.0. The van der Waals surface area contributed by atoms with Gasteiger partial charge in [0.1, 0.15) is 0 Å². The van der Waals surface area contributed by atoms with E-state index in [0.717, 1.165) is 11.8 Å². The van der Waals surface area contributed by atoms with E-state index in [-0.39, 0.29) is 0 Å². The smallest absolute Gasteiger partial charge is 0.0252 e. The first-order valence-corrected chi connectivity index (χ1v) is 5.73. The lowest BCUT2D eigenvalue weighted by Crippen LogP contribution is -2.56. The number of hydrogen-bond acceptors (Lipinski definition) is 1. The molecule has 1 aliphatic rings. The first-order valence-electron chi connectivity index (χ1n) is 5.73. The Morgan fingerprint density at radius 2 is 1.54 bits per heavy atom. The highest BCUT2D eigenvalue weighted by atomic mass is 15.2. The van der Waals surface area contributed by atoms with Crippen LogP contribution in [0.4, 0.5) is 0 Å². The predicted molar refractivity (Wildman–Crippen MR) is 58.9 cm³/mol. The van der Waals surface area contributed by atoms with Gasteiger partial charge < -0.3 is 4.90 Å². The third kappa shape index (κ3) is 1.76. The van der Waals surface area contributed by atoms with Crippen LogP contribution in [0.1, 0.15) is 47.0 Å². The van der Waals surface area contributed by atoms with Gasteiger partial charge in [-0.3, -0.25) is 0 Å². The molecule has 0 aromatic carbocycles. The van der Waals surface area contributed by atoms with Crippen LogP contribution in [0.3, 0.4) is 0 Å². The summed E-state index contributed by atoms with van der Waals surface area (Å²) in [6, 6.07) is 0. The fourth-order valence-electron chi connectivity index (χ4n) is 3.28. The third-order valence-electron chi connectivity index (χ3n) is 4.03. The van der Waals surface area contributed by atoms with Crippen LogP contribution in [0.25, 0.3) is 0 Å². The van der Waals surface area contributed by atoms with Crippen molar-refractivity contribution in [2.24, 2.45) is 11.8 Å². The molecule has 0 aromatic rings. The molecule has 1 saturated heterocycles. The van der Waals surface area contributed by atoms with E-state index in [1.54, 1.807) is 0 Å². The molecule has 0 aromatic heterocycles. The van der Waals surface area contributed by atoms with E-state index in [2.05, 4.69) is 39.6 Å². The molecule has 0 N–H and O–H groups in total. The molecule has 0 saturated carbocycles. The molecule has 0 unspecified atom stereocenters. The fourth-order valence-corrected chi connectivity index (χ4v) is 3.28. The standard InChI is InChI=1S/C12H25N/c1-10(2)12(11(3)4)8-6-7-9-13(12)5/h10-11H,6-9H2,1-5H3. The van der Waals surface area contributed by atoms with Crippen molar-refractivity contribution in [3.8, 4) is 0 Å². The quantitative estimate of drug-likeness (QED) is 0.635. The molecule has 1 fully saturated rings. The summed E-state index contributed by atoms with van der Waals surface area (Å²) >= 11 is 0. The summed E-state index contributed by atoms with van der Waals surface area (Å²) in [5.41, 5.74) is 0.470. The van der Waals surface area contributed by atoms with E-state index in [1.165, 1.54) is 25.8 Å². The number of hydrogen-bond donors (Lipinski definition) is 0. The molecule has 0 amide bonds. The molecule has 78 valence electrons. The molecule has 1 aliphatic heterocycles. The molecule has 0 radical (unpaired) electrons. The summed E-state index contributed by atoms with van der Waals surface area (Å²) in [7, 11) is 2.30. The van der Waals surface area contributed by atoms with Crippen LogP contribution < -0.4 is 0 Å². The second-order valence-corrected chi connectivity index (χ2v) is 5.18. The van der Waals surface area contributed by atoms with Crippen LogP contribution in [0.15, 0.2) is 0 Å². The largest absolute Gasteiger partial charge is 0.300 e. The maximum absolute atomic E-state index is 2.60. The summed E-state index contributed by atoms with van der Waals surface area (Å²) in [5, 5.41) is 0. The predicted octanol–water partition coefficient (Wildman–Crippen LogP) is 3.15. The van der Waals surface area contributed by atoms with Gasteiger partial charge in [-0.15, -0.1) is 0 Å². The highest BCUT2D eigenvalue weighted by molar-refractivity contribution is 4.96. The zero-order valence-corrected chi connectivity index (χ0v) is 9.93. The molecule has 1 heterocycles. The van der Waals surface area contributed by atoms with Gasteiger partial charge in [-0.1, -0.05) is 34.1 Å². The number of nitrogens with zero attached hydrogens (tertiary/aromatic N) is 1. The highest BCUT2D eigenvalue weighted by Crippen LogP contribution is 2.39. The van der Waals surface area contributed by atoms with E-state index in [0.29, 0.717) is 5.54 Å². The van der Waals surface area contributed by atoms with E-state index in [9.17, 15) is 0 Å². The molecule has 13 heavy (non-hydrogen) atoms. The van der Waals surface area contributed by atoms with E-state index < -0.39 is 0 Å². The Hall–Kier alpha value is -0.0400. The van der Waals surface area contributed by atoms with Gasteiger partial charge >= 0.3 is 0 Å². The van der Waals surface area contributed by atoms with Crippen molar-refractivity contribution in [1.82, 2.24) is 4.90 Å². The molecular formula is C12H25N. The van der Waals surface area contributed by atoms with Gasteiger partial charge in [0.05, 0.1) is 0 Å². The minimum Gasteiger partial charge on any atom is -0.300 e. The second-order valence-electron chi connectivity index (χ2n) is 5.18. The van der Waals surface area contributed by atoms with Crippen LogP contribution in [-0.2, 0) is 0 Å². The second kappa shape index (κ2) is 4.00. The van der Waals surface area contributed by atoms with Crippen LogP contribution in [0.5, 0.6) is 0 Å². The highest BCUT2D eigenvalue weighted by Gasteiger charge is 2.41. The van der Waals surface area contributed by atoms with E-state index >= 15 is 0 Å². The molecule has 0 aliphatic carbocycles. The van der Waals surface area contributed by atoms with Crippen molar-refractivity contribution < 1.29 is 0 Å². The van der Waals surface area contributed by atoms with Gasteiger partial charge in [0.25, 0.3) is 0 Å². The van der Waals surface area contributed by atoms with Gasteiger partial charge in [0.2, 0.25) is 0 Å². The number of likely N-dealkylation sites (tertiary alicyclic amines) is 1. The molecular weight excluding hydrogens is 158 g/mol. The fraction of sp³-hybridized carbons (Fsp3) is 1.00. The van der Waals surface area contributed by atoms with Crippen molar-refractivity contribution in [3.05, 3.63) is 0 Å². The topological polar surface area (TPSA) is 3.24 Å². The summed E-state index contributed by atoms with van der Waals surface area (Å²) in [6.45, 7) is 10.8. The van der Waals surface area contributed by atoms with E-state index in [1.807, 2.05) is 0 Å². The Balaban J connectivity index is 2.86. The molecule has 1 rings (SSSR count). The monoisotopic (exact) mass is 183 g/mol. The average molecular weight is 183 g/mol. The van der Waals surface area contributed by atoms with Crippen molar-refractivity contribution in [1.29, 1.82) is 0 Å². The zero-order valence-electron chi connectivity index (χ0n) is 9.93. The summed E-state index contributed by atoms with van der Waals surface area (Å²) < 4.78 is 0. The maximum atomic E-state index is 2.60. The zero-order chi connectivity index (χ0) is 10.1. The number of piperidine rings is 1. The van der Waals surface area contributed by atoms with Gasteiger partial charge in [-0.05, 0) is 38.3 Å². The lowest BCUT2D eigenvalue weighted by Gasteiger charge is -2.51. The van der Waals surface area contributed by atoms with Crippen LogP contribution in [-0.4, -0.2) is 24.0 Å². The van der Waals surface area contributed by atoms with Crippen molar-refractivity contribution in [3.63, 3.8) is 0 Å². The lowest BCUT2D eigenvalue weighted by atomic mass is 9.70. The minimum absolute atomic E-state index is 0.470. The van der Waals surface area contributed by atoms with Crippen LogP contribution in [0, 0.1) is 11.8 Å². The van der Waals surface area contributed by atoms with Gasteiger partial charge in [-0.25, -0.2) is 0 Å². The van der Waals surface area contributed by atoms with Crippen molar-refractivity contribution >= 4 is 0 Å². The normalized spacial score (nSPS) is 24.2. The molecule has 1 nitrogen and oxygen atoms in total. The number of rotatable bonds is 2. The van der Waals surface area contributed by atoms with Crippen LogP contribution >= 0.6 is 0 Å². The Kier molecular flexibility index (Phi) is 3.39. The average Bonchev–Trinajstić information content (AvgIpc) is 2.04. The van der Waals surface area contributed by atoms with Gasteiger partial charge in [0.15, 0.2) is 0 Å². The Labute approximate surface area is 83.5 Å². The molecule has 0 bridgehead atoms. The summed E-state index contributed by atoms with van der Waals surface area (Å²) in [5.74, 6) is 1.55. The lowest BCUT2D eigenvalue weighted by molar-refractivity contribution is -0.00890. The van der Waals surface area contributed by atoms with Crippen molar-refractivity contribution in [2.75, 3.05) is 13.6 Å². The van der Waals surface area contributed by atoms with Crippen molar-refractivity contribution in [2.45, 2.75) is 52.5 Å². The van der Waals surface area contributed by atoms with E-state index in [4.69, 9.17) is 0 Å². The summed E-state index contributed by atoms with van der Waals surface area (Å²) in [6.07, 6.45) is 4.19. The SMILES string of the molecule is CC(C)C1(C(C)C)CCCCN1C. The third-order valence-corrected chi connectivity index (χ3v) is 4.03. The Morgan fingerprint density at radius 1 is 1.00 bits per heavy atom. The first-order chi connectivity index (χ1) is 6.01. The van der Waals surface area contributed by atoms with Gasteiger partial charge in [0, 0.05) is 5.54 Å². The molecule has 0 atom stereocenters. The minimum atomic E-state index is 0.470. The molecule has 1 heteroatoms. The Bertz CT molecular complexity index is 153. The molecule has 0 spiro atoms. The van der Waals surface area contributed by atoms with Crippen LogP contribution in [0.2, 0.25) is 0 Å². The maximum Gasteiger partial charge on any atom is 0.0252 e.